The molecule has 0 rings (SSSR count). The lowest BCUT2D eigenvalue weighted by molar-refractivity contribution is 2.08. The molecule has 0 aliphatic carbocycles. The summed E-state index contributed by atoms with van der Waals surface area (Å²) in [7, 11) is 0. The molecule has 0 nitrogen and oxygen atoms in total. The van der Waals surface area contributed by atoms with Crippen LogP contribution in [0.1, 0.15) is 0 Å². The molecule has 0 unspecified atom stereocenters. The van der Waals surface area contributed by atoms with Crippen molar-refractivity contribution >= 4 is 72.3 Å². The Morgan fingerprint density at radius 1 is 0.636 bits per heavy atom. The van der Waals surface area contributed by atoms with Gasteiger partial charge in [-0.25, -0.2) is 0 Å². The van der Waals surface area contributed by atoms with Crippen LogP contribution in [0.5, 0.6) is 0 Å². The zero-order chi connectivity index (χ0) is 8.36. The second-order valence-corrected chi connectivity index (χ2v) is 7.96. The standard InChI is InChI=1S/C5H12S6/c6-1-8-3-10-5-11-4-9-2-7/h6-7H,1-5H2. The van der Waals surface area contributed by atoms with Crippen LogP contribution in [0.4, 0.5) is 0 Å². The van der Waals surface area contributed by atoms with Gasteiger partial charge in [0.2, 0.25) is 0 Å². The van der Waals surface area contributed by atoms with Crippen LogP contribution in [0.15, 0.2) is 0 Å². The molecule has 0 aliphatic rings. The average Bonchev–Trinajstić information content (AvgIpc) is 2.03. The van der Waals surface area contributed by atoms with Crippen molar-refractivity contribution in [1.29, 1.82) is 0 Å². The molecule has 11 heavy (non-hydrogen) atoms. The molecule has 0 heterocycles. The highest BCUT2D eigenvalue weighted by Crippen LogP contribution is 2.21. The Balaban J connectivity index is 2.69. The SMILES string of the molecule is SCSCSCSCSCS. The maximum atomic E-state index is 4.11. The van der Waals surface area contributed by atoms with Gasteiger partial charge in [-0.05, 0) is 0 Å². The molecular formula is C5H12S6. The van der Waals surface area contributed by atoms with Gasteiger partial charge in [-0.1, -0.05) is 0 Å². The maximum Gasteiger partial charge on any atom is 0.0408 e. The molecule has 68 valence electrons. The first-order chi connectivity index (χ1) is 5.41. The Hall–Kier alpha value is 2.10. The van der Waals surface area contributed by atoms with Crippen LogP contribution >= 0.6 is 72.3 Å². The summed E-state index contributed by atoms with van der Waals surface area (Å²) in [5.74, 6) is 0. The molecule has 0 spiro atoms. The van der Waals surface area contributed by atoms with Crippen molar-refractivity contribution in [2.45, 2.75) is 0 Å². The van der Waals surface area contributed by atoms with Crippen molar-refractivity contribution < 1.29 is 0 Å². The molecule has 0 bridgehead atoms. The van der Waals surface area contributed by atoms with E-state index in [1.807, 2.05) is 47.0 Å². The molecule has 0 fully saturated rings. The Morgan fingerprint density at radius 2 is 1.00 bits per heavy atom. The first-order valence-electron chi connectivity index (χ1n) is 2.94. The van der Waals surface area contributed by atoms with Gasteiger partial charge in [0.15, 0.2) is 0 Å². The van der Waals surface area contributed by atoms with E-state index in [4.69, 9.17) is 0 Å². The molecule has 0 N–H and O–H groups in total. The van der Waals surface area contributed by atoms with Crippen LogP contribution in [0.3, 0.4) is 0 Å². The number of hydrogen-bond acceptors (Lipinski definition) is 6. The number of thiol groups is 2. The monoisotopic (exact) mass is 264 g/mol. The Labute approximate surface area is 97.0 Å². The predicted octanol–water partition coefficient (Wildman–Crippen LogP) is 3.57. The van der Waals surface area contributed by atoms with Crippen LogP contribution in [0, 0.1) is 0 Å². The summed E-state index contributed by atoms with van der Waals surface area (Å²) in [6.45, 7) is 0. The van der Waals surface area contributed by atoms with Crippen LogP contribution in [0.25, 0.3) is 0 Å². The smallest absolute Gasteiger partial charge is 0.0408 e. The van der Waals surface area contributed by atoms with Crippen molar-refractivity contribution in [1.82, 2.24) is 0 Å². The lowest BCUT2D eigenvalue weighted by Crippen LogP contribution is -1.75. The van der Waals surface area contributed by atoms with Gasteiger partial charge in [-0.3, -0.25) is 0 Å². The molecule has 0 saturated heterocycles. The minimum absolute atomic E-state index is 0.934. The summed E-state index contributed by atoms with van der Waals surface area (Å²) >= 11 is 15.9. The molecule has 0 aromatic carbocycles. The van der Waals surface area contributed by atoms with Crippen LogP contribution < -0.4 is 0 Å². The fourth-order valence-corrected chi connectivity index (χ4v) is 5.44. The average molecular weight is 265 g/mol. The zero-order valence-corrected chi connectivity index (χ0v) is 11.1. The highest BCUT2D eigenvalue weighted by molar-refractivity contribution is 8.27. The highest BCUT2D eigenvalue weighted by Gasteiger charge is 1.89. The van der Waals surface area contributed by atoms with E-state index in [0.717, 1.165) is 10.2 Å². The summed E-state index contributed by atoms with van der Waals surface area (Å²) in [5, 5.41) is 5.40. The quantitative estimate of drug-likeness (QED) is 0.390. The molecule has 0 radical (unpaired) electrons. The summed E-state index contributed by atoms with van der Waals surface area (Å²) in [5.41, 5.74) is 0. The molecule has 0 aromatic heterocycles. The third kappa shape index (κ3) is 12.1. The van der Waals surface area contributed by atoms with E-state index in [9.17, 15) is 0 Å². The fraction of sp³-hybridized carbons (Fsp3) is 1.00. The molecular weight excluding hydrogens is 252 g/mol. The van der Waals surface area contributed by atoms with Crippen molar-refractivity contribution in [3.05, 3.63) is 0 Å². The van der Waals surface area contributed by atoms with Crippen molar-refractivity contribution in [3.63, 3.8) is 0 Å². The summed E-state index contributed by atoms with van der Waals surface area (Å²) in [4.78, 5) is 0. The summed E-state index contributed by atoms with van der Waals surface area (Å²) in [6, 6.07) is 0. The van der Waals surface area contributed by atoms with Crippen LogP contribution in [-0.4, -0.2) is 25.4 Å². The summed E-state index contributed by atoms with van der Waals surface area (Å²) in [6.07, 6.45) is 0. The maximum absolute atomic E-state index is 4.11. The second kappa shape index (κ2) is 12.1. The highest BCUT2D eigenvalue weighted by atomic mass is 32.3. The predicted molar refractivity (Wildman–Crippen MR) is 72.7 cm³/mol. The topological polar surface area (TPSA) is 0 Å². The molecule has 0 aliphatic heterocycles. The van der Waals surface area contributed by atoms with Gasteiger partial charge < -0.3 is 0 Å². The van der Waals surface area contributed by atoms with Crippen LogP contribution in [-0.2, 0) is 0 Å². The van der Waals surface area contributed by atoms with E-state index >= 15 is 0 Å². The second-order valence-electron chi connectivity index (χ2n) is 1.43. The fourth-order valence-electron chi connectivity index (χ4n) is 0.319. The van der Waals surface area contributed by atoms with E-state index in [1.54, 1.807) is 0 Å². The van der Waals surface area contributed by atoms with Gasteiger partial charge in [-0.15, -0.1) is 47.0 Å². The lowest BCUT2D eigenvalue weighted by Gasteiger charge is -1.98. The Morgan fingerprint density at radius 3 is 1.36 bits per heavy atom. The van der Waals surface area contributed by atoms with Crippen molar-refractivity contribution in [2.75, 3.05) is 25.4 Å². The third-order valence-electron chi connectivity index (χ3n) is 0.683. The lowest BCUT2D eigenvalue weighted by atomic mass is 11.8. The number of hydrogen-bond donors (Lipinski definition) is 2. The molecule has 0 atom stereocenters. The molecule has 6 heteroatoms. The van der Waals surface area contributed by atoms with E-state index in [-0.39, 0.29) is 0 Å². The van der Waals surface area contributed by atoms with Crippen LogP contribution in [0.2, 0.25) is 0 Å². The van der Waals surface area contributed by atoms with E-state index < -0.39 is 0 Å². The zero-order valence-electron chi connectivity index (χ0n) is 6.06. The number of rotatable bonds is 8. The van der Waals surface area contributed by atoms with Gasteiger partial charge in [0.05, 0.1) is 0 Å². The van der Waals surface area contributed by atoms with Gasteiger partial charge in [-0.2, -0.15) is 25.3 Å². The largest absolute Gasteiger partial charge is 0.168 e. The van der Waals surface area contributed by atoms with Gasteiger partial charge in [0.25, 0.3) is 0 Å². The Kier molecular flexibility index (Phi) is 14.4. The minimum atomic E-state index is 0.934. The van der Waals surface area contributed by atoms with Gasteiger partial charge in [0.1, 0.15) is 0 Å². The molecule has 0 aromatic rings. The molecule has 0 saturated carbocycles. The van der Waals surface area contributed by atoms with E-state index in [2.05, 4.69) is 25.3 Å². The third-order valence-corrected chi connectivity index (χ3v) is 6.14. The minimum Gasteiger partial charge on any atom is -0.168 e. The van der Waals surface area contributed by atoms with Crippen molar-refractivity contribution in [2.24, 2.45) is 0 Å². The van der Waals surface area contributed by atoms with Gasteiger partial charge in [0, 0.05) is 25.4 Å². The Bertz CT molecular complexity index is 60.0. The van der Waals surface area contributed by atoms with Crippen molar-refractivity contribution in [3.8, 4) is 0 Å². The number of thioether (sulfide) groups is 4. The van der Waals surface area contributed by atoms with Gasteiger partial charge >= 0.3 is 0 Å². The van der Waals surface area contributed by atoms with E-state index in [0.29, 0.717) is 0 Å². The molecule has 0 amide bonds. The first kappa shape index (κ1) is 13.1. The first-order valence-corrected chi connectivity index (χ1v) is 8.83. The van der Waals surface area contributed by atoms with E-state index in [1.165, 1.54) is 15.3 Å². The summed E-state index contributed by atoms with van der Waals surface area (Å²) < 4.78 is 0. The normalized spacial score (nSPS) is 10.4.